The van der Waals surface area contributed by atoms with Crippen LogP contribution in [-0.2, 0) is 11.6 Å². The van der Waals surface area contributed by atoms with Crippen molar-refractivity contribution in [3.63, 3.8) is 0 Å². The molecule has 208 valence electrons. The number of alkyl halides is 6. The number of pyridine rings is 1. The molecule has 39 heavy (non-hydrogen) atoms. The molecular formula is C27H27F6N5O. The number of benzene rings is 1. The van der Waals surface area contributed by atoms with E-state index in [1.807, 2.05) is 0 Å². The predicted molar refractivity (Wildman–Crippen MR) is 129 cm³/mol. The average molecular weight is 552 g/mol. The quantitative estimate of drug-likeness (QED) is 0.366. The van der Waals surface area contributed by atoms with Crippen LogP contribution in [0.3, 0.4) is 0 Å². The van der Waals surface area contributed by atoms with E-state index in [9.17, 15) is 26.3 Å². The van der Waals surface area contributed by atoms with Gasteiger partial charge in [0.25, 0.3) is 0 Å². The van der Waals surface area contributed by atoms with Gasteiger partial charge in [-0.15, -0.1) is 10.2 Å². The van der Waals surface area contributed by atoms with Gasteiger partial charge in [0.1, 0.15) is 5.41 Å². The third kappa shape index (κ3) is 3.92. The summed E-state index contributed by atoms with van der Waals surface area (Å²) in [5.41, 5.74) is -4.46. The van der Waals surface area contributed by atoms with Crippen LogP contribution in [0.1, 0.15) is 55.4 Å². The molecule has 0 radical (unpaired) electrons. The molecule has 4 aliphatic rings. The summed E-state index contributed by atoms with van der Waals surface area (Å²) in [6.07, 6.45) is -3.91. The van der Waals surface area contributed by atoms with Crippen molar-refractivity contribution in [2.24, 2.45) is 11.3 Å². The van der Waals surface area contributed by atoms with E-state index in [1.165, 1.54) is 42.1 Å². The highest BCUT2D eigenvalue weighted by Crippen LogP contribution is 2.75. The molecule has 7 rings (SSSR count). The molecule has 4 fully saturated rings. The molecule has 0 bridgehead atoms. The van der Waals surface area contributed by atoms with Gasteiger partial charge in [-0.05, 0) is 75.4 Å². The number of halogens is 6. The lowest BCUT2D eigenvalue weighted by Gasteiger charge is -2.30. The summed E-state index contributed by atoms with van der Waals surface area (Å²) < 4.78 is 90.5. The molecule has 0 unspecified atom stereocenters. The van der Waals surface area contributed by atoms with E-state index in [1.54, 1.807) is 0 Å². The molecule has 0 N–H and O–H groups in total. The Labute approximate surface area is 220 Å². The van der Waals surface area contributed by atoms with E-state index in [2.05, 4.69) is 20.1 Å². The Morgan fingerprint density at radius 2 is 1.72 bits per heavy atom. The van der Waals surface area contributed by atoms with Crippen molar-refractivity contribution in [2.75, 3.05) is 37.6 Å². The predicted octanol–water partition coefficient (Wildman–Crippen LogP) is 5.94. The summed E-state index contributed by atoms with van der Waals surface area (Å²) in [6, 6.07) is 5.08. The first-order valence-electron chi connectivity index (χ1n) is 13.3. The fraction of sp³-hybridized carbons (Fsp3) is 0.593. The van der Waals surface area contributed by atoms with Gasteiger partial charge in [-0.1, -0.05) is 0 Å². The second-order valence-electron chi connectivity index (χ2n) is 11.7. The number of nitrogens with zero attached hydrogens (tertiary/aromatic N) is 5. The normalized spacial score (nSPS) is 28.3. The molecule has 3 aromatic rings. The molecule has 2 aliphatic carbocycles. The summed E-state index contributed by atoms with van der Waals surface area (Å²) in [6.45, 7) is 2.42. The van der Waals surface area contributed by atoms with E-state index in [0.717, 1.165) is 44.5 Å². The molecule has 2 atom stereocenters. The van der Waals surface area contributed by atoms with E-state index in [0.29, 0.717) is 5.89 Å². The van der Waals surface area contributed by atoms with Crippen molar-refractivity contribution in [3.05, 3.63) is 47.8 Å². The molecule has 2 saturated heterocycles. The zero-order valence-electron chi connectivity index (χ0n) is 21.0. The molecule has 6 nitrogen and oxygen atoms in total. The second kappa shape index (κ2) is 8.31. The van der Waals surface area contributed by atoms with Crippen LogP contribution in [-0.4, -0.2) is 59.0 Å². The van der Waals surface area contributed by atoms with Crippen molar-refractivity contribution < 1.29 is 30.8 Å². The summed E-state index contributed by atoms with van der Waals surface area (Å²) in [5, 5.41) is 8.50. The largest absolute Gasteiger partial charge is 0.424 e. The number of hydrogen-bond donors (Lipinski definition) is 0. The van der Waals surface area contributed by atoms with Crippen LogP contribution in [0.25, 0.3) is 10.9 Å². The molecule has 2 aliphatic heterocycles. The van der Waals surface area contributed by atoms with Gasteiger partial charge in [0.05, 0.1) is 16.5 Å². The maximum absolute atomic E-state index is 14.6. The average Bonchev–Trinajstić information content (AvgIpc) is 3.73. The number of anilines is 1. The van der Waals surface area contributed by atoms with Crippen molar-refractivity contribution in [2.45, 2.75) is 55.8 Å². The Kier molecular flexibility index (Phi) is 5.35. The minimum Gasteiger partial charge on any atom is -0.424 e. The maximum Gasteiger partial charge on any atom is 0.418 e. The van der Waals surface area contributed by atoms with Gasteiger partial charge < -0.3 is 14.2 Å². The van der Waals surface area contributed by atoms with Crippen LogP contribution in [0, 0.1) is 11.3 Å². The molecular weight excluding hydrogens is 524 g/mol. The lowest BCUT2D eigenvalue weighted by Crippen LogP contribution is -2.34. The number of rotatable bonds is 5. The van der Waals surface area contributed by atoms with Crippen molar-refractivity contribution >= 4 is 16.6 Å². The van der Waals surface area contributed by atoms with Crippen molar-refractivity contribution in [1.29, 1.82) is 0 Å². The van der Waals surface area contributed by atoms with Gasteiger partial charge in [-0.25, -0.2) is 0 Å². The first kappa shape index (κ1) is 25.1. The summed E-state index contributed by atoms with van der Waals surface area (Å²) in [5.74, 6) is 1.17. The van der Waals surface area contributed by atoms with Gasteiger partial charge in [0.15, 0.2) is 0 Å². The lowest BCUT2D eigenvalue weighted by atomic mass is 9.95. The highest BCUT2D eigenvalue weighted by atomic mass is 19.4. The molecule has 12 heteroatoms. The smallest absolute Gasteiger partial charge is 0.418 e. The van der Waals surface area contributed by atoms with Crippen LogP contribution in [0.4, 0.5) is 32.0 Å². The fourth-order valence-corrected chi connectivity index (χ4v) is 6.86. The Balaban J connectivity index is 1.18. The molecule has 2 aromatic heterocycles. The number of hydrogen-bond acceptors (Lipinski definition) is 6. The number of likely N-dealkylation sites (tertiary alicyclic amines) is 1. The summed E-state index contributed by atoms with van der Waals surface area (Å²) >= 11 is 0. The number of fused-ring (bicyclic) bond motifs is 2. The Morgan fingerprint density at radius 1 is 0.949 bits per heavy atom. The molecule has 0 amide bonds. The van der Waals surface area contributed by atoms with Crippen LogP contribution in [0.5, 0.6) is 0 Å². The standard InChI is InChI=1S/C27H27F6N5O/c28-26(29,30)19-5-6-20(18-2-1-9-34-21(18)19)38-14-24(13-25(24,15-38)27(31,32)33)23-36-35-22(39-23)17-7-10-37(11-8-17)12-16-3-4-16/h1-2,5-6,9,16-17H,3-4,7-8,10-15H2/t24-,25-/m0/s1. The van der Waals surface area contributed by atoms with Crippen molar-refractivity contribution in [1.82, 2.24) is 20.1 Å². The summed E-state index contributed by atoms with van der Waals surface area (Å²) in [7, 11) is 0. The SMILES string of the molecule is FC(F)(F)c1ccc(N2C[C@]3(c4nnc(C5CCN(CC6CC6)CC5)o4)C[C@]3(C(F)(F)F)C2)c2cccnc12. The molecule has 0 spiro atoms. The maximum atomic E-state index is 14.6. The fourth-order valence-electron chi connectivity index (χ4n) is 6.86. The van der Waals surface area contributed by atoms with Gasteiger partial charge in [0.2, 0.25) is 11.8 Å². The van der Waals surface area contributed by atoms with Crippen LogP contribution < -0.4 is 4.90 Å². The third-order valence-corrected chi connectivity index (χ3v) is 9.25. The second-order valence-corrected chi connectivity index (χ2v) is 11.7. The zero-order chi connectivity index (χ0) is 27.2. The Bertz CT molecular complexity index is 1410. The van der Waals surface area contributed by atoms with Gasteiger partial charge in [-0.3, -0.25) is 4.98 Å². The Hall–Kier alpha value is -2.89. The molecule has 2 saturated carbocycles. The highest BCUT2D eigenvalue weighted by molar-refractivity contribution is 5.94. The van der Waals surface area contributed by atoms with Crippen LogP contribution >= 0.6 is 0 Å². The van der Waals surface area contributed by atoms with E-state index in [-0.39, 0.29) is 41.4 Å². The Morgan fingerprint density at radius 3 is 2.41 bits per heavy atom. The summed E-state index contributed by atoms with van der Waals surface area (Å²) in [4.78, 5) is 7.85. The zero-order valence-corrected chi connectivity index (χ0v) is 21.0. The molecule has 4 heterocycles. The number of piperidine rings is 2. The van der Waals surface area contributed by atoms with E-state index >= 15 is 0 Å². The third-order valence-electron chi connectivity index (χ3n) is 9.25. The molecule has 1 aromatic carbocycles. The van der Waals surface area contributed by atoms with Crippen LogP contribution in [0.2, 0.25) is 0 Å². The van der Waals surface area contributed by atoms with E-state index < -0.39 is 35.3 Å². The van der Waals surface area contributed by atoms with Crippen molar-refractivity contribution in [3.8, 4) is 0 Å². The topological polar surface area (TPSA) is 58.3 Å². The first-order chi connectivity index (χ1) is 18.5. The minimum atomic E-state index is -4.64. The minimum absolute atomic E-state index is 0.0135. The first-order valence-corrected chi connectivity index (χ1v) is 13.3. The van der Waals surface area contributed by atoms with Gasteiger partial charge in [-0.2, -0.15) is 26.3 Å². The van der Waals surface area contributed by atoms with E-state index in [4.69, 9.17) is 4.42 Å². The monoisotopic (exact) mass is 551 g/mol. The lowest BCUT2D eigenvalue weighted by molar-refractivity contribution is -0.187. The van der Waals surface area contributed by atoms with Gasteiger partial charge in [0, 0.05) is 42.8 Å². The highest BCUT2D eigenvalue weighted by Gasteiger charge is 2.86. The van der Waals surface area contributed by atoms with Gasteiger partial charge >= 0.3 is 12.4 Å². The van der Waals surface area contributed by atoms with Crippen LogP contribution in [0.15, 0.2) is 34.9 Å². The number of aromatic nitrogens is 3.